The monoisotopic (exact) mass is 574 g/mol. The highest BCUT2D eigenvalue weighted by Gasteiger charge is 2.66. The standard InChI is InChI=1S/C31H34N4O7/c1-34(2)20-14-16(11-10-15-8-6-5-7-9-15)25(36)22-18(20)12-17-13-19-24(35(3)4)27(38)23(30(32)41)29(40)31(19,33-42)28(39)21(17)26(22)37/h5-9,14,17,19,24,36-37,40H,10-13H2,1-4H3,(H2,32,41)/t17-,19-,24-,31-/m0/s1. The molecule has 1 saturated carbocycles. The molecule has 1 fully saturated rings. The topological polar surface area (TPSA) is 174 Å². The molecule has 3 aliphatic carbocycles. The second kappa shape index (κ2) is 10.4. The highest BCUT2D eigenvalue weighted by molar-refractivity contribution is 6.25. The summed E-state index contributed by atoms with van der Waals surface area (Å²) in [5, 5.41) is 37.4. The van der Waals surface area contributed by atoms with E-state index in [1.54, 1.807) is 14.1 Å². The van der Waals surface area contributed by atoms with Gasteiger partial charge in [0.1, 0.15) is 22.8 Å². The van der Waals surface area contributed by atoms with Crippen molar-refractivity contribution < 1.29 is 29.7 Å². The SMILES string of the molecule is CN(C)c1cc(CCc2ccccc2)c(O)c2c1C[C@H]1C[C@H]3[C@H](N(C)C)C(=O)C(C(N)=O)=C(O)[C@@]3(N=O)C(=O)C1=C2O. The lowest BCUT2D eigenvalue weighted by Crippen LogP contribution is -2.64. The Morgan fingerprint density at radius 2 is 1.74 bits per heavy atom. The molecule has 5 N–H and O–H groups in total. The zero-order valence-corrected chi connectivity index (χ0v) is 23.9. The van der Waals surface area contributed by atoms with Gasteiger partial charge in [0, 0.05) is 31.3 Å². The van der Waals surface area contributed by atoms with Crippen molar-refractivity contribution in [3.63, 3.8) is 0 Å². The lowest BCUT2D eigenvalue weighted by Gasteiger charge is -2.49. The first kappa shape index (κ1) is 29.0. The number of phenolic OH excluding ortho intramolecular Hbond substituents is 1. The first-order valence-electron chi connectivity index (χ1n) is 13.7. The van der Waals surface area contributed by atoms with Crippen LogP contribution in [0.4, 0.5) is 5.69 Å². The predicted octanol–water partition coefficient (Wildman–Crippen LogP) is 2.59. The van der Waals surface area contributed by atoms with Crippen molar-refractivity contribution >= 4 is 28.9 Å². The molecule has 1 amide bonds. The van der Waals surface area contributed by atoms with Crippen LogP contribution in [-0.4, -0.2) is 77.5 Å². The minimum Gasteiger partial charge on any atom is -0.508 e. The Kier molecular flexibility index (Phi) is 7.18. The number of carbonyl (C=O) groups excluding carboxylic acids is 3. The number of carbonyl (C=O) groups is 3. The Hall–Kier alpha value is -4.51. The minimum atomic E-state index is -2.55. The van der Waals surface area contributed by atoms with Crippen LogP contribution in [0.25, 0.3) is 5.76 Å². The predicted molar refractivity (Wildman–Crippen MR) is 156 cm³/mol. The Morgan fingerprint density at radius 3 is 2.31 bits per heavy atom. The van der Waals surface area contributed by atoms with E-state index >= 15 is 0 Å². The third-order valence-electron chi connectivity index (χ3n) is 8.93. The van der Waals surface area contributed by atoms with Crippen LogP contribution in [0, 0.1) is 16.7 Å². The molecule has 0 aromatic heterocycles. The second-order valence-corrected chi connectivity index (χ2v) is 11.7. The molecule has 0 unspecified atom stereocenters. The number of nitrogens with two attached hydrogens (primary N) is 1. The quantitative estimate of drug-likeness (QED) is 0.286. The summed E-state index contributed by atoms with van der Waals surface area (Å²) >= 11 is 0. The van der Waals surface area contributed by atoms with Crippen LogP contribution in [0.1, 0.15) is 28.7 Å². The fourth-order valence-electron chi connectivity index (χ4n) is 7.01. The zero-order chi connectivity index (χ0) is 30.7. The van der Waals surface area contributed by atoms with E-state index in [2.05, 4.69) is 5.18 Å². The molecule has 4 atom stereocenters. The van der Waals surface area contributed by atoms with E-state index in [4.69, 9.17) is 5.73 Å². The fourth-order valence-corrected chi connectivity index (χ4v) is 7.01. The number of aryl methyl sites for hydroxylation is 2. The molecule has 11 heteroatoms. The second-order valence-electron chi connectivity index (χ2n) is 11.7. The molecular weight excluding hydrogens is 540 g/mol. The van der Waals surface area contributed by atoms with Crippen LogP contribution in [0.3, 0.4) is 0 Å². The maximum absolute atomic E-state index is 14.3. The summed E-state index contributed by atoms with van der Waals surface area (Å²) in [6.45, 7) is 0. The third-order valence-corrected chi connectivity index (χ3v) is 8.93. The van der Waals surface area contributed by atoms with Gasteiger partial charge in [-0.1, -0.05) is 30.3 Å². The molecule has 42 heavy (non-hydrogen) atoms. The third kappa shape index (κ3) is 4.10. The molecule has 0 spiro atoms. The highest BCUT2D eigenvalue weighted by atomic mass is 16.3. The van der Waals surface area contributed by atoms with Gasteiger partial charge in [0.05, 0.1) is 11.6 Å². The molecule has 11 nitrogen and oxygen atoms in total. The highest BCUT2D eigenvalue weighted by Crippen LogP contribution is 2.55. The van der Waals surface area contributed by atoms with Gasteiger partial charge in [-0.05, 0) is 73.6 Å². The number of benzene rings is 2. The number of rotatable bonds is 7. The number of amides is 1. The number of nitroso groups, excluding NO2 is 1. The summed E-state index contributed by atoms with van der Waals surface area (Å²) in [4.78, 5) is 55.8. The number of nitrogens with zero attached hydrogens (tertiary/aromatic N) is 3. The van der Waals surface area contributed by atoms with Gasteiger partial charge in [0.25, 0.3) is 5.91 Å². The molecule has 0 saturated heterocycles. The van der Waals surface area contributed by atoms with Crippen LogP contribution < -0.4 is 10.6 Å². The van der Waals surface area contributed by atoms with Crippen molar-refractivity contribution in [2.75, 3.05) is 33.1 Å². The Labute approximate surface area is 242 Å². The van der Waals surface area contributed by atoms with Gasteiger partial charge in [0.2, 0.25) is 11.3 Å². The van der Waals surface area contributed by atoms with Crippen LogP contribution in [-0.2, 0) is 33.6 Å². The summed E-state index contributed by atoms with van der Waals surface area (Å²) in [7, 11) is 6.80. The Bertz CT molecular complexity index is 1580. The van der Waals surface area contributed by atoms with Gasteiger partial charge >= 0.3 is 0 Å². The summed E-state index contributed by atoms with van der Waals surface area (Å²) < 4.78 is 0. The molecule has 0 aliphatic heterocycles. The number of phenols is 1. The number of Topliss-reactive ketones (excluding diaryl/α,β-unsaturated/α-hetero) is 2. The summed E-state index contributed by atoms with van der Waals surface area (Å²) in [5.74, 6) is -6.68. The number of fused-ring (bicyclic) bond motifs is 3. The van der Waals surface area contributed by atoms with E-state index in [0.717, 1.165) is 11.3 Å². The fraction of sp³-hybridized carbons (Fsp3) is 0.387. The maximum atomic E-state index is 14.3. The smallest absolute Gasteiger partial charge is 0.255 e. The number of aromatic hydroxyl groups is 1. The molecule has 0 bridgehead atoms. The number of hydrogen-bond donors (Lipinski definition) is 4. The van der Waals surface area contributed by atoms with Gasteiger partial charge in [-0.2, -0.15) is 0 Å². The summed E-state index contributed by atoms with van der Waals surface area (Å²) in [6.07, 6.45) is 1.30. The number of likely N-dealkylation sites (N-methyl/N-ethyl adjacent to an activating group) is 1. The average Bonchev–Trinajstić information content (AvgIpc) is 2.92. The first-order valence-corrected chi connectivity index (χ1v) is 13.7. The van der Waals surface area contributed by atoms with Crippen molar-refractivity contribution in [3.05, 3.63) is 80.5 Å². The van der Waals surface area contributed by atoms with Crippen molar-refractivity contribution in [2.45, 2.75) is 37.3 Å². The molecule has 2 aromatic rings. The average molecular weight is 575 g/mol. The van der Waals surface area contributed by atoms with Crippen LogP contribution >= 0.6 is 0 Å². The van der Waals surface area contributed by atoms with Crippen LogP contribution in [0.5, 0.6) is 5.75 Å². The molecule has 3 aliphatic rings. The number of primary amides is 1. The largest absolute Gasteiger partial charge is 0.508 e. The number of anilines is 1. The van der Waals surface area contributed by atoms with E-state index in [1.165, 1.54) is 4.90 Å². The van der Waals surface area contributed by atoms with Gasteiger partial charge in [-0.3, -0.25) is 19.3 Å². The molecule has 0 radical (unpaired) electrons. The lowest BCUT2D eigenvalue weighted by atomic mass is 9.56. The van der Waals surface area contributed by atoms with E-state index < -0.39 is 58.0 Å². The molecule has 5 rings (SSSR count). The summed E-state index contributed by atoms with van der Waals surface area (Å²) in [5.41, 5.74) is 4.91. The summed E-state index contributed by atoms with van der Waals surface area (Å²) in [6, 6.07) is 10.4. The Morgan fingerprint density at radius 1 is 1.07 bits per heavy atom. The van der Waals surface area contributed by atoms with Gasteiger partial charge < -0.3 is 26.0 Å². The zero-order valence-electron chi connectivity index (χ0n) is 23.9. The van der Waals surface area contributed by atoms with Crippen LogP contribution in [0.15, 0.2) is 58.5 Å². The number of hydrogen-bond acceptors (Lipinski definition) is 10. The van der Waals surface area contributed by atoms with Gasteiger partial charge in [-0.25, -0.2) is 0 Å². The minimum absolute atomic E-state index is 0.0182. The van der Waals surface area contributed by atoms with Crippen LogP contribution in [0.2, 0.25) is 0 Å². The van der Waals surface area contributed by atoms with Crippen molar-refractivity contribution in [2.24, 2.45) is 22.7 Å². The van der Waals surface area contributed by atoms with E-state index in [-0.39, 0.29) is 29.7 Å². The van der Waals surface area contributed by atoms with E-state index in [0.29, 0.717) is 24.0 Å². The molecule has 2 aromatic carbocycles. The van der Waals surface area contributed by atoms with Crippen molar-refractivity contribution in [1.82, 2.24) is 4.90 Å². The molecule has 220 valence electrons. The molecule has 0 heterocycles. The van der Waals surface area contributed by atoms with E-state index in [9.17, 15) is 34.6 Å². The van der Waals surface area contributed by atoms with Crippen molar-refractivity contribution in [3.8, 4) is 5.75 Å². The van der Waals surface area contributed by atoms with Crippen molar-refractivity contribution in [1.29, 1.82) is 0 Å². The lowest BCUT2D eigenvalue weighted by molar-refractivity contribution is -0.134. The van der Waals surface area contributed by atoms with Gasteiger partial charge in [0.15, 0.2) is 5.78 Å². The Balaban J connectivity index is 1.71. The maximum Gasteiger partial charge on any atom is 0.255 e. The number of aliphatic hydroxyl groups is 2. The normalized spacial score (nSPS) is 25.2. The molecular formula is C31H34N4O7. The number of ketones is 2. The van der Waals surface area contributed by atoms with Gasteiger partial charge in [-0.15, -0.1) is 4.91 Å². The first-order chi connectivity index (χ1) is 19.9. The number of aliphatic hydroxyl groups excluding tert-OH is 2. The van der Waals surface area contributed by atoms with E-state index in [1.807, 2.05) is 55.4 Å².